The van der Waals surface area contributed by atoms with Gasteiger partial charge < -0.3 is 10.5 Å². The van der Waals surface area contributed by atoms with Crippen molar-refractivity contribution in [3.63, 3.8) is 0 Å². The van der Waals surface area contributed by atoms with E-state index in [0.29, 0.717) is 5.92 Å². The Morgan fingerprint density at radius 3 is 2.71 bits per heavy atom. The van der Waals surface area contributed by atoms with E-state index in [0.717, 1.165) is 18.7 Å². The first-order chi connectivity index (χ1) is 6.69. The monoisotopic (exact) mass is 193 g/mol. The second-order valence-electron chi connectivity index (χ2n) is 3.70. The second-order valence-corrected chi connectivity index (χ2v) is 3.70. The van der Waals surface area contributed by atoms with Gasteiger partial charge in [0.2, 0.25) is 0 Å². The molecule has 2 nitrogen and oxygen atoms in total. The smallest absolute Gasteiger partial charge is 0.119 e. The molecule has 0 saturated heterocycles. The van der Waals surface area contributed by atoms with Crippen LogP contribution in [0.4, 0.5) is 0 Å². The molecule has 0 heterocycles. The molecule has 0 fully saturated rings. The van der Waals surface area contributed by atoms with Crippen molar-refractivity contribution in [3.05, 3.63) is 29.3 Å². The molecule has 0 aliphatic rings. The summed E-state index contributed by atoms with van der Waals surface area (Å²) in [5.74, 6) is 1.43. The summed E-state index contributed by atoms with van der Waals surface area (Å²) in [6.07, 6.45) is 1.02. The van der Waals surface area contributed by atoms with E-state index in [4.69, 9.17) is 10.5 Å². The van der Waals surface area contributed by atoms with Crippen molar-refractivity contribution in [2.45, 2.75) is 26.2 Å². The van der Waals surface area contributed by atoms with Crippen LogP contribution in [0.15, 0.2) is 18.2 Å². The van der Waals surface area contributed by atoms with Gasteiger partial charge in [-0.2, -0.15) is 0 Å². The lowest BCUT2D eigenvalue weighted by Gasteiger charge is -2.14. The minimum absolute atomic E-state index is 0.509. The van der Waals surface area contributed by atoms with Crippen molar-refractivity contribution in [2.24, 2.45) is 5.73 Å². The Kier molecular flexibility index (Phi) is 3.96. The Bertz CT molecular complexity index is 296. The highest BCUT2D eigenvalue weighted by Gasteiger charge is 2.08. The molecular formula is C12H19NO. The minimum atomic E-state index is 0.509. The number of nitrogens with two attached hydrogens (primary N) is 1. The number of hydrogen-bond acceptors (Lipinski definition) is 2. The zero-order valence-corrected chi connectivity index (χ0v) is 9.21. The zero-order valence-electron chi connectivity index (χ0n) is 9.21. The van der Waals surface area contributed by atoms with Gasteiger partial charge in [0.25, 0.3) is 0 Å². The van der Waals surface area contributed by atoms with E-state index in [1.54, 1.807) is 7.11 Å². The van der Waals surface area contributed by atoms with E-state index in [1.807, 2.05) is 6.07 Å². The molecule has 0 saturated carbocycles. The van der Waals surface area contributed by atoms with Crippen molar-refractivity contribution in [3.8, 4) is 5.75 Å². The van der Waals surface area contributed by atoms with Crippen LogP contribution in [-0.4, -0.2) is 13.7 Å². The first-order valence-electron chi connectivity index (χ1n) is 5.03. The Hall–Kier alpha value is -1.02. The molecule has 1 aromatic rings. The highest BCUT2D eigenvalue weighted by atomic mass is 16.5. The summed E-state index contributed by atoms with van der Waals surface area (Å²) in [7, 11) is 1.70. The van der Waals surface area contributed by atoms with E-state index in [-0.39, 0.29) is 0 Å². The van der Waals surface area contributed by atoms with Gasteiger partial charge >= 0.3 is 0 Å². The van der Waals surface area contributed by atoms with E-state index >= 15 is 0 Å². The number of methoxy groups -OCH3 is 1. The predicted octanol–water partition coefficient (Wildman–Crippen LogP) is 2.46. The largest absolute Gasteiger partial charge is 0.497 e. The quantitative estimate of drug-likeness (QED) is 0.797. The van der Waals surface area contributed by atoms with Gasteiger partial charge in [-0.1, -0.05) is 13.0 Å². The topological polar surface area (TPSA) is 35.2 Å². The number of aryl methyl sites for hydroxylation is 1. The number of rotatable bonds is 4. The van der Waals surface area contributed by atoms with E-state index in [1.165, 1.54) is 11.1 Å². The number of ether oxygens (including phenoxy) is 1. The molecule has 1 aromatic carbocycles. The Balaban J connectivity index is 2.93. The predicted molar refractivity (Wildman–Crippen MR) is 59.8 cm³/mol. The SMILES string of the molecule is COc1ccc(C)c(C(C)CCN)c1. The van der Waals surface area contributed by atoms with Gasteiger partial charge in [-0.05, 0) is 49.1 Å². The van der Waals surface area contributed by atoms with Crippen LogP contribution >= 0.6 is 0 Å². The molecule has 14 heavy (non-hydrogen) atoms. The third-order valence-electron chi connectivity index (χ3n) is 2.62. The van der Waals surface area contributed by atoms with Gasteiger partial charge in [0.1, 0.15) is 5.75 Å². The minimum Gasteiger partial charge on any atom is -0.497 e. The fraction of sp³-hybridized carbons (Fsp3) is 0.500. The molecular weight excluding hydrogens is 174 g/mol. The van der Waals surface area contributed by atoms with Crippen LogP contribution in [0.25, 0.3) is 0 Å². The molecule has 0 radical (unpaired) electrons. The molecule has 0 aliphatic carbocycles. The van der Waals surface area contributed by atoms with Crippen LogP contribution < -0.4 is 10.5 Å². The average molecular weight is 193 g/mol. The third-order valence-corrected chi connectivity index (χ3v) is 2.62. The maximum Gasteiger partial charge on any atom is 0.119 e. The second kappa shape index (κ2) is 5.01. The number of hydrogen-bond donors (Lipinski definition) is 1. The summed E-state index contributed by atoms with van der Waals surface area (Å²) < 4.78 is 5.21. The van der Waals surface area contributed by atoms with Crippen LogP contribution in [-0.2, 0) is 0 Å². The molecule has 78 valence electrons. The molecule has 1 rings (SSSR count). The molecule has 1 atom stereocenters. The first-order valence-corrected chi connectivity index (χ1v) is 5.03. The molecule has 0 bridgehead atoms. The summed E-state index contributed by atoms with van der Waals surface area (Å²) in [6, 6.07) is 6.20. The maximum absolute atomic E-state index is 5.56. The molecule has 0 aromatic heterocycles. The highest BCUT2D eigenvalue weighted by Crippen LogP contribution is 2.26. The van der Waals surface area contributed by atoms with Crippen LogP contribution in [0.1, 0.15) is 30.4 Å². The fourth-order valence-corrected chi connectivity index (χ4v) is 1.68. The Morgan fingerprint density at radius 2 is 2.14 bits per heavy atom. The molecule has 2 N–H and O–H groups in total. The fourth-order valence-electron chi connectivity index (χ4n) is 1.68. The molecule has 2 heteroatoms. The van der Waals surface area contributed by atoms with Crippen molar-refractivity contribution in [1.82, 2.24) is 0 Å². The first kappa shape index (κ1) is 11.1. The van der Waals surface area contributed by atoms with Gasteiger partial charge in [-0.15, -0.1) is 0 Å². The van der Waals surface area contributed by atoms with E-state index < -0.39 is 0 Å². The molecule has 1 unspecified atom stereocenters. The van der Waals surface area contributed by atoms with Crippen LogP contribution in [0, 0.1) is 6.92 Å². The molecule has 0 amide bonds. The lowest BCUT2D eigenvalue weighted by molar-refractivity contribution is 0.413. The summed E-state index contributed by atoms with van der Waals surface area (Å²) in [6.45, 7) is 5.06. The van der Waals surface area contributed by atoms with Crippen LogP contribution in [0.3, 0.4) is 0 Å². The zero-order chi connectivity index (χ0) is 10.6. The van der Waals surface area contributed by atoms with Gasteiger partial charge in [0.15, 0.2) is 0 Å². The Morgan fingerprint density at radius 1 is 1.43 bits per heavy atom. The molecule has 0 spiro atoms. The van der Waals surface area contributed by atoms with Gasteiger partial charge in [-0.25, -0.2) is 0 Å². The standard InChI is InChI=1S/C12H19NO/c1-9-4-5-11(14-3)8-12(9)10(2)6-7-13/h4-5,8,10H,6-7,13H2,1-3H3. The summed E-state index contributed by atoms with van der Waals surface area (Å²) in [5, 5.41) is 0. The lowest BCUT2D eigenvalue weighted by Crippen LogP contribution is -2.05. The van der Waals surface area contributed by atoms with Gasteiger partial charge in [0.05, 0.1) is 7.11 Å². The van der Waals surface area contributed by atoms with Gasteiger partial charge in [0, 0.05) is 0 Å². The van der Waals surface area contributed by atoms with Crippen molar-refractivity contribution < 1.29 is 4.74 Å². The summed E-state index contributed by atoms with van der Waals surface area (Å²) >= 11 is 0. The third kappa shape index (κ3) is 2.48. The van der Waals surface area contributed by atoms with Crippen molar-refractivity contribution in [1.29, 1.82) is 0 Å². The highest BCUT2D eigenvalue weighted by molar-refractivity contribution is 5.36. The van der Waals surface area contributed by atoms with Crippen molar-refractivity contribution >= 4 is 0 Å². The maximum atomic E-state index is 5.56. The summed E-state index contributed by atoms with van der Waals surface area (Å²) in [5.41, 5.74) is 8.21. The van der Waals surface area contributed by atoms with Crippen LogP contribution in [0.5, 0.6) is 5.75 Å². The lowest BCUT2D eigenvalue weighted by atomic mass is 9.93. The number of benzene rings is 1. The van der Waals surface area contributed by atoms with Crippen LogP contribution in [0.2, 0.25) is 0 Å². The summed E-state index contributed by atoms with van der Waals surface area (Å²) in [4.78, 5) is 0. The Labute approximate surface area is 86.1 Å². The van der Waals surface area contributed by atoms with Gasteiger partial charge in [-0.3, -0.25) is 0 Å². The average Bonchev–Trinajstić information content (AvgIpc) is 2.19. The normalized spacial score (nSPS) is 12.6. The van der Waals surface area contributed by atoms with E-state index in [9.17, 15) is 0 Å². The van der Waals surface area contributed by atoms with Crippen molar-refractivity contribution in [2.75, 3.05) is 13.7 Å². The van der Waals surface area contributed by atoms with E-state index in [2.05, 4.69) is 26.0 Å². The molecule has 0 aliphatic heterocycles.